The van der Waals surface area contributed by atoms with Gasteiger partial charge in [-0.25, -0.2) is 0 Å². The van der Waals surface area contributed by atoms with Gasteiger partial charge in [-0.05, 0) is 54.6 Å². The van der Waals surface area contributed by atoms with Crippen LogP contribution < -0.4 is 10.2 Å². The van der Waals surface area contributed by atoms with E-state index in [1.807, 2.05) is 48.8 Å². The second-order valence-corrected chi connectivity index (χ2v) is 6.48. The Morgan fingerprint density at radius 1 is 1.25 bits per heavy atom. The number of aliphatic imine (C=N–C) groups is 1. The first-order valence-corrected chi connectivity index (χ1v) is 8.85. The number of benzene rings is 2. The average Bonchev–Trinajstić information content (AvgIpc) is 3.17. The lowest BCUT2D eigenvalue weighted by atomic mass is 10.0. The van der Waals surface area contributed by atoms with Gasteiger partial charge in [-0.3, -0.25) is 9.79 Å². The molecule has 0 spiro atoms. The van der Waals surface area contributed by atoms with Gasteiger partial charge < -0.3 is 15.0 Å². The molecule has 6 heteroatoms. The Bertz CT molecular complexity index is 1030. The molecule has 6 nitrogen and oxygen atoms in total. The van der Waals surface area contributed by atoms with E-state index in [0.29, 0.717) is 16.8 Å². The largest absolute Gasteiger partial charge is 0.497 e. The molecule has 0 saturated heterocycles. The molecule has 2 aromatic carbocycles. The summed E-state index contributed by atoms with van der Waals surface area (Å²) in [4.78, 5) is 19.0. The van der Waals surface area contributed by atoms with E-state index in [9.17, 15) is 4.79 Å². The topological polar surface area (TPSA) is 77.7 Å². The van der Waals surface area contributed by atoms with Crippen molar-refractivity contribution >= 4 is 23.6 Å². The number of ether oxygens (including phenoxy) is 1. The molecule has 1 heterocycles. The van der Waals surface area contributed by atoms with Crippen molar-refractivity contribution < 1.29 is 9.53 Å². The maximum atomic E-state index is 12.4. The minimum atomic E-state index is -0.250. The summed E-state index contributed by atoms with van der Waals surface area (Å²) >= 11 is 0. The molecule has 2 aliphatic rings. The number of allylic oxidation sites excluding steroid dienone is 1. The van der Waals surface area contributed by atoms with Crippen LogP contribution in [0.15, 0.2) is 77.5 Å². The van der Waals surface area contributed by atoms with Crippen LogP contribution in [0.5, 0.6) is 0 Å². The summed E-state index contributed by atoms with van der Waals surface area (Å²) in [6, 6.07) is 16.4. The van der Waals surface area contributed by atoms with Crippen LogP contribution in [-0.2, 0) is 4.74 Å². The Labute approximate surface area is 163 Å². The summed E-state index contributed by atoms with van der Waals surface area (Å²) in [6.45, 7) is 0. The number of amides is 1. The zero-order valence-electron chi connectivity index (χ0n) is 15.2. The lowest BCUT2D eigenvalue weighted by Crippen LogP contribution is -2.35. The zero-order valence-corrected chi connectivity index (χ0v) is 15.2. The maximum absolute atomic E-state index is 12.4. The van der Waals surface area contributed by atoms with Gasteiger partial charge in [0.2, 0.25) is 0 Å². The molecule has 1 aliphatic carbocycles. The first-order chi connectivity index (χ1) is 13.7. The Balaban J connectivity index is 1.46. The highest BCUT2D eigenvalue weighted by Gasteiger charge is 2.30. The highest BCUT2D eigenvalue weighted by Crippen LogP contribution is 2.28. The summed E-state index contributed by atoms with van der Waals surface area (Å²) in [5.74, 6) is 0.568. The summed E-state index contributed by atoms with van der Waals surface area (Å²) in [7, 11) is 1.65. The van der Waals surface area contributed by atoms with Gasteiger partial charge in [0, 0.05) is 16.9 Å². The van der Waals surface area contributed by atoms with E-state index in [1.54, 1.807) is 31.4 Å². The standard InChI is InChI=1S/C22H18N4O2/c1-28-19-9-10-21-20(12-19)24-14-26(21)18-7-5-17(6-8-18)25-22(27)16-4-2-3-15(11-16)13-23/h2-12,14,20-21H,1H3,(H,25,27). The van der Waals surface area contributed by atoms with Crippen LogP contribution in [0.3, 0.4) is 0 Å². The van der Waals surface area contributed by atoms with E-state index in [4.69, 9.17) is 10.00 Å². The predicted octanol–water partition coefficient (Wildman–Crippen LogP) is 3.50. The highest BCUT2D eigenvalue weighted by molar-refractivity contribution is 6.04. The van der Waals surface area contributed by atoms with E-state index in [-0.39, 0.29) is 18.0 Å². The molecule has 138 valence electrons. The first kappa shape index (κ1) is 17.6. The molecule has 0 saturated carbocycles. The van der Waals surface area contributed by atoms with Gasteiger partial charge in [-0.15, -0.1) is 0 Å². The van der Waals surface area contributed by atoms with Crippen molar-refractivity contribution in [1.29, 1.82) is 5.26 Å². The van der Waals surface area contributed by atoms with Crippen LogP contribution in [0.4, 0.5) is 11.4 Å². The number of anilines is 2. The van der Waals surface area contributed by atoms with Crippen LogP contribution in [-0.4, -0.2) is 31.4 Å². The van der Waals surface area contributed by atoms with Crippen molar-refractivity contribution in [2.24, 2.45) is 4.99 Å². The number of carbonyl (C=O) groups is 1. The second-order valence-electron chi connectivity index (χ2n) is 6.48. The fraction of sp³-hybridized carbons (Fsp3) is 0.136. The van der Waals surface area contributed by atoms with E-state index < -0.39 is 0 Å². The van der Waals surface area contributed by atoms with Gasteiger partial charge in [-0.1, -0.05) is 12.1 Å². The average molecular weight is 370 g/mol. The Kier molecular flexibility index (Phi) is 4.65. The van der Waals surface area contributed by atoms with Crippen molar-refractivity contribution in [3.8, 4) is 6.07 Å². The molecular weight excluding hydrogens is 352 g/mol. The first-order valence-electron chi connectivity index (χ1n) is 8.85. The maximum Gasteiger partial charge on any atom is 0.255 e. The molecule has 28 heavy (non-hydrogen) atoms. The van der Waals surface area contributed by atoms with Gasteiger partial charge in [0.15, 0.2) is 0 Å². The summed E-state index contributed by atoms with van der Waals surface area (Å²) in [6.07, 6.45) is 7.86. The summed E-state index contributed by atoms with van der Waals surface area (Å²) < 4.78 is 5.27. The van der Waals surface area contributed by atoms with Gasteiger partial charge in [-0.2, -0.15) is 5.26 Å². The lowest BCUT2D eigenvalue weighted by Gasteiger charge is -2.26. The van der Waals surface area contributed by atoms with Crippen molar-refractivity contribution in [2.75, 3.05) is 17.3 Å². The number of nitrogens with one attached hydrogen (secondary N) is 1. The molecule has 2 atom stereocenters. The SMILES string of the molecule is COC1=CC2N=CN(c3ccc(NC(=O)c4cccc(C#N)c4)cc3)C2C=C1. The third kappa shape index (κ3) is 3.38. The Morgan fingerprint density at radius 2 is 2.07 bits per heavy atom. The third-order valence-electron chi connectivity index (χ3n) is 4.74. The number of nitrogens with zero attached hydrogens (tertiary/aromatic N) is 3. The third-order valence-corrected chi connectivity index (χ3v) is 4.74. The fourth-order valence-electron chi connectivity index (χ4n) is 3.27. The van der Waals surface area contributed by atoms with Crippen LogP contribution >= 0.6 is 0 Å². The van der Waals surface area contributed by atoms with Gasteiger partial charge >= 0.3 is 0 Å². The van der Waals surface area contributed by atoms with Crippen LogP contribution in [0, 0.1) is 11.3 Å². The van der Waals surface area contributed by atoms with Gasteiger partial charge in [0.25, 0.3) is 5.91 Å². The van der Waals surface area contributed by atoms with Crippen LogP contribution in [0.25, 0.3) is 0 Å². The minimum absolute atomic E-state index is 0.0340. The van der Waals surface area contributed by atoms with Crippen molar-refractivity contribution in [2.45, 2.75) is 12.1 Å². The number of nitriles is 1. The number of hydrogen-bond acceptors (Lipinski definition) is 5. The summed E-state index contributed by atoms with van der Waals surface area (Å²) in [5.41, 5.74) is 2.58. The van der Waals surface area contributed by atoms with E-state index in [2.05, 4.69) is 21.3 Å². The molecule has 0 radical (unpaired) electrons. The molecule has 0 fully saturated rings. The van der Waals surface area contributed by atoms with Crippen molar-refractivity contribution in [1.82, 2.24) is 0 Å². The molecule has 1 amide bonds. The van der Waals surface area contributed by atoms with E-state index in [1.165, 1.54) is 0 Å². The monoisotopic (exact) mass is 370 g/mol. The minimum Gasteiger partial charge on any atom is -0.497 e. The lowest BCUT2D eigenvalue weighted by molar-refractivity contribution is 0.102. The Hall–Kier alpha value is -3.85. The van der Waals surface area contributed by atoms with Gasteiger partial charge in [0.1, 0.15) is 5.76 Å². The molecule has 0 bridgehead atoms. The van der Waals surface area contributed by atoms with Crippen molar-refractivity contribution in [3.63, 3.8) is 0 Å². The summed E-state index contributed by atoms with van der Waals surface area (Å²) in [5, 5.41) is 11.8. The molecule has 1 aliphatic heterocycles. The predicted molar refractivity (Wildman–Crippen MR) is 108 cm³/mol. The second kappa shape index (κ2) is 7.41. The van der Waals surface area contributed by atoms with Gasteiger partial charge in [0.05, 0.1) is 37.2 Å². The molecular formula is C22H18N4O2. The molecule has 0 aromatic heterocycles. The molecule has 2 aromatic rings. The number of carbonyl (C=O) groups excluding carboxylic acids is 1. The highest BCUT2D eigenvalue weighted by atomic mass is 16.5. The number of fused-ring (bicyclic) bond motifs is 1. The number of rotatable bonds is 4. The van der Waals surface area contributed by atoms with Crippen LogP contribution in [0.1, 0.15) is 15.9 Å². The van der Waals surface area contributed by atoms with Crippen molar-refractivity contribution in [3.05, 3.63) is 83.6 Å². The van der Waals surface area contributed by atoms with E-state index in [0.717, 1.165) is 11.4 Å². The van der Waals surface area contributed by atoms with Crippen LogP contribution in [0.2, 0.25) is 0 Å². The quantitative estimate of drug-likeness (QED) is 0.894. The number of methoxy groups -OCH3 is 1. The number of hydrogen-bond donors (Lipinski definition) is 1. The molecule has 2 unspecified atom stereocenters. The molecule has 4 rings (SSSR count). The van der Waals surface area contributed by atoms with E-state index >= 15 is 0 Å². The normalized spacial score (nSPS) is 19.6. The Morgan fingerprint density at radius 3 is 2.82 bits per heavy atom. The fourth-order valence-corrected chi connectivity index (χ4v) is 3.27. The zero-order chi connectivity index (χ0) is 19.5. The smallest absolute Gasteiger partial charge is 0.255 e. The molecule has 1 N–H and O–H groups in total.